The highest BCUT2D eigenvalue weighted by Crippen LogP contribution is 2.04. The van der Waals surface area contributed by atoms with Gasteiger partial charge in [-0.05, 0) is 6.42 Å². The maximum Gasteiger partial charge on any atom is 0.505 e. The topological polar surface area (TPSA) is 124 Å². The Morgan fingerprint density at radius 2 is 1.68 bits per heavy atom. The van der Waals surface area contributed by atoms with Crippen molar-refractivity contribution >= 4 is 12.1 Å². The Bertz CT molecular complexity index is 230. The molecule has 0 bridgehead atoms. The van der Waals surface area contributed by atoms with Crippen molar-refractivity contribution in [3.8, 4) is 0 Å². The Kier molecular flexibility index (Phi) is 15.5. The molecule has 0 aliphatic heterocycles. The standard InChI is InChI=1S/C8H16O2.C4H8O5/c1-2-3-4-5-6-7-8(9)10;5-1-3(6)2-9-4(7)8/h2-7H2,1H3,(H,9,10);3,5-6H,1-2H2,(H,7,8). The van der Waals surface area contributed by atoms with Crippen molar-refractivity contribution in [2.24, 2.45) is 0 Å². The molecular formula is C12H24O7. The van der Waals surface area contributed by atoms with E-state index in [2.05, 4.69) is 11.7 Å². The summed E-state index contributed by atoms with van der Waals surface area (Å²) in [4.78, 5) is 19.6. The minimum atomic E-state index is -1.46. The zero-order valence-electron chi connectivity index (χ0n) is 11.2. The second kappa shape index (κ2) is 14.7. The second-order valence-electron chi connectivity index (χ2n) is 3.97. The summed E-state index contributed by atoms with van der Waals surface area (Å²) in [6.45, 7) is 1.27. The van der Waals surface area contributed by atoms with Crippen LogP contribution < -0.4 is 0 Å². The van der Waals surface area contributed by atoms with E-state index >= 15 is 0 Å². The predicted octanol–water partition coefficient (Wildman–Crippen LogP) is 1.47. The van der Waals surface area contributed by atoms with Crippen molar-refractivity contribution in [1.29, 1.82) is 0 Å². The predicted molar refractivity (Wildman–Crippen MR) is 68.1 cm³/mol. The summed E-state index contributed by atoms with van der Waals surface area (Å²) in [7, 11) is 0. The number of rotatable bonds is 9. The van der Waals surface area contributed by atoms with Crippen LogP contribution in [0.5, 0.6) is 0 Å². The van der Waals surface area contributed by atoms with Gasteiger partial charge in [-0.25, -0.2) is 4.79 Å². The molecule has 4 N–H and O–H groups in total. The van der Waals surface area contributed by atoms with Crippen LogP contribution in [0.1, 0.15) is 45.4 Å². The molecule has 7 nitrogen and oxygen atoms in total. The second-order valence-corrected chi connectivity index (χ2v) is 3.97. The van der Waals surface area contributed by atoms with E-state index in [0.717, 1.165) is 12.8 Å². The molecule has 0 rings (SSSR count). The van der Waals surface area contributed by atoms with Gasteiger partial charge in [-0.15, -0.1) is 0 Å². The fourth-order valence-corrected chi connectivity index (χ4v) is 1.10. The summed E-state index contributed by atoms with van der Waals surface area (Å²) in [5.74, 6) is -0.670. The maximum atomic E-state index is 10.0. The largest absolute Gasteiger partial charge is 0.505 e. The fraction of sp³-hybridized carbons (Fsp3) is 0.833. The number of carboxylic acids is 1. The molecule has 0 spiro atoms. The minimum Gasteiger partial charge on any atom is -0.481 e. The van der Waals surface area contributed by atoms with Crippen LogP contribution in [-0.4, -0.2) is 51.9 Å². The molecule has 0 aromatic carbocycles. The monoisotopic (exact) mass is 280 g/mol. The first kappa shape index (κ1) is 20.0. The van der Waals surface area contributed by atoms with Crippen molar-refractivity contribution < 1.29 is 34.8 Å². The van der Waals surface area contributed by atoms with E-state index in [0.29, 0.717) is 6.42 Å². The van der Waals surface area contributed by atoms with Crippen molar-refractivity contribution in [3.63, 3.8) is 0 Å². The zero-order chi connectivity index (χ0) is 15.1. The van der Waals surface area contributed by atoms with E-state index in [9.17, 15) is 9.59 Å². The van der Waals surface area contributed by atoms with Gasteiger partial charge in [-0.1, -0.05) is 32.6 Å². The summed E-state index contributed by atoms with van der Waals surface area (Å²) in [5.41, 5.74) is 0. The smallest absolute Gasteiger partial charge is 0.481 e. The van der Waals surface area contributed by atoms with Crippen LogP contribution in [-0.2, 0) is 9.53 Å². The molecule has 7 heteroatoms. The van der Waals surface area contributed by atoms with Crippen LogP contribution in [0.4, 0.5) is 4.79 Å². The van der Waals surface area contributed by atoms with Gasteiger partial charge in [-0.2, -0.15) is 0 Å². The van der Waals surface area contributed by atoms with Gasteiger partial charge in [0.1, 0.15) is 12.7 Å². The number of ether oxygens (including phenoxy) is 1. The summed E-state index contributed by atoms with van der Waals surface area (Å²) >= 11 is 0. The molecule has 0 fully saturated rings. The van der Waals surface area contributed by atoms with Crippen molar-refractivity contribution in [2.45, 2.75) is 51.6 Å². The third-order valence-electron chi connectivity index (χ3n) is 2.10. The van der Waals surface area contributed by atoms with Gasteiger partial charge in [0.2, 0.25) is 0 Å². The maximum absolute atomic E-state index is 10.0. The Morgan fingerprint density at radius 1 is 1.11 bits per heavy atom. The van der Waals surface area contributed by atoms with E-state index in [4.69, 9.17) is 20.4 Å². The van der Waals surface area contributed by atoms with E-state index in [1.54, 1.807) is 0 Å². The molecule has 0 radical (unpaired) electrons. The summed E-state index contributed by atoms with van der Waals surface area (Å²) in [6.07, 6.45) is 3.32. The molecule has 0 amide bonds. The van der Waals surface area contributed by atoms with Crippen LogP contribution in [0.25, 0.3) is 0 Å². The molecule has 0 aliphatic carbocycles. The average Bonchev–Trinajstić information content (AvgIpc) is 2.36. The third kappa shape index (κ3) is 22.3. The lowest BCUT2D eigenvalue weighted by Gasteiger charge is -2.03. The minimum absolute atomic E-state index is 0.337. The molecule has 0 saturated carbocycles. The third-order valence-corrected chi connectivity index (χ3v) is 2.10. The first-order chi connectivity index (χ1) is 8.93. The number of unbranched alkanes of at least 4 members (excludes halogenated alkanes) is 4. The van der Waals surface area contributed by atoms with E-state index in [1.165, 1.54) is 19.3 Å². The highest BCUT2D eigenvalue weighted by molar-refractivity contribution is 5.66. The number of aliphatic hydroxyl groups is 2. The fourth-order valence-electron chi connectivity index (χ4n) is 1.10. The van der Waals surface area contributed by atoms with Gasteiger partial charge in [0.25, 0.3) is 0 Å². The van der Waals surface area contributed by atoms with Crippen molar-refractivity contribution in [3.05, 3.63) is 0 Å². The SMILES string of the molecule is CCCCCCCC(=O)O.O=C(O)OCC(O)CO. The van der Waals surface area contributed by atoms with E-state index in [-0.39, 0.29) is 6.61 Å². The van der Waals surface area contributed by atoms with Gasteiger partial charge in [0, 0.05) is 6.42 Å². The number of carbonyl (C=O) groups is 2. The molecule has 0 aromatic rings. The molecular weight excluding hydrogens is 256 g/mol. The van der Waals surface area contributed by atoms with E-state index in [1.807, 2.05) is 0 Å². The Morgan fingerprint density at radius 3 is 2.11 bits per heavy atom. The average molecular weight is 280 g/mol. The van der Waals surface area contributed by atoms with Crippen molar-refractivity contribution in [2.75, 3.05) is 13.2 Å². The van der Waals surface area contributed by atoms with E-state index < -0.39 is 24.8 Å². The lowest BCUT2D eigenvalue weighted by Crippen LogP contribution is -2.21. The van der Waals surface area contributed by atoms with Gasteiger partial charge in [0.15, 0.2) is 0 Å². The number of aliphatic hydroxyl groups excluding tert-OH is 2. The van der Waals surface area contributed by atoms with Gasteiger partial charge >= 0.3 is 12.1 Å². The van der Waals surface area contributed by atoms with Gasteiger partial charge in [-0.3, -0.25) is 4.79 Å². The lowest BCUT2D eigenvalue weighted by atomic mass is 10.1. The summed E-state index contributed by atoms with van der Waals surface area (Å²) < 4.78 is 3.90. The van der Waals surface area contributed by atoms with Crippen molar-refractivity contribution in [1.82, 2.24) is 0 Å². The molecule has 0 saturated heterocycles. The van der Waals surface area contributed by atoms with Crippen LogP contribution >= 0.6 is 0 Å². The van der Waals surface area contributed by atoms with Gasteiger partial charge in [0.05, 0.1) is 6.61 Å². The van der Waals surface area contributed by atoms with Crippen LogP contribution in [0, 0.1) is 0 Å². The molecule has 1 unspecified atom stereocenters. The molecule has 0 aromatic heterocycles. The van der Waals surface area contributed by atoms with Crippen LogP contribution in [0.2, 0.25) is 0 Å². The molecule has 0 heterocycles. The van der Waals surface area contributed by atoms with Gasteiger partial charge < -0.3 is 25.2 Å². The number of hydrogen-bond acceptors (Lipinski definition) is 5. The van der Waals surface area contributed by atoms with Crippen LogP contribution in [0.3, 0.4) is 0 Å². The number of aliphatic carboxylic acids is 1. The molecule has 1 atom stereocenters. The normalized spacial score (nSPS) is 11.1. The quantitative estimate of drug-likeness (QED) is 0.372. The zero-order valence-corrected chi connectivity index (χ0v) is 11.2. The Labute approximate surface area is 112 Å². The first-order valence-corrected chi connectivity index (χ1v) is 6.30. The highest BCUT2D eigenvalue weighted by atomic mass is 16.7. The summed E-state index contributed by atoms with van der Waals surface area (Å²) in [5, 5.41) is 32.7. The molecule has 0 aliphatic rings. The summed E-state index contributed by atoms with van der Waals surface area (Å²) in [6, 6.07) is 0. The number of hydrogen-bond donors (Lipinski definition) is 4. The number of carboxylic acid groups (broad SMARTS) is 2. The Balaban J connectivity index is 0. The Hall–Kier alpha value is -1.34. The molecule has 114 valence electrons. The first-order valence-electron chi connectivity index (χ1n) is 6.30. The van der Waals surface area contributed by atoms with Crippen LogP contribution in [0.15, 0.2) is 0 Å². The molecule has 19 heavy (non-hydrogen) atoms. The lowest BCUT2D eigenvalue weighted by molar-refractivity contribution is -0.137. The highest BCUT2D eigenvalue weighted by Gasteiger charge is 2.04.